The monoisotopic (exact) mass is 356 g/mol. The summed E-state index contributed by atoms with van der Waals surface area (Å²) >= 11 is 0. The molecular formula is C19H20N2O5. The highest BCUT2D eigenvalue weighted by Crippen LogP contribution is 2.59. The van der Waals surface area contributed by atoms with Crippen LogP contribution in [0.2, 0.25) is 0 Å². The van der Waals surface area contributed by atoms with Gasteiger partial charge in [0.1, 0.15) is 6.54 Å². The van der Waals surface area contributed by atoms with Crippen LogP contribution in [0.4, 0.5) is 0 Å². The molecule has 1 saturated carbocycles. The number of imide groups is 1. The maximum absolute atomic E-state index is 12.6. The number of rotatable bonds is 3. The van der Waals surface area contributed by atoms with E-state index in [2.05, 4.69) is 0 Å². The first-order chi connectivity index (χ1) is 12.3. The predicted octanol–water partition coefficient (Wildman–Crippen LogP) is 1.30. The number of hydrogen-bond acceptors (Lipinski definition) is 4. The van der Waals surface area contributed by atoms with Crippen LogP contribution in [0.15, 0.2) is 18.2 Å². The van der Waals surface area contributed by atoms with Gasteiger partial charge in [0.05, 0.1) is 17.0 Å². The fourth-order valence-electron chi connectivity index (χ4n) is 4.23. The first-order valence-corrected chi connectivity index (χ1v) is 8.80. The van der Waals surface area contributed by atoms with Gasteiger partial charge in [0.15, 0.2) is 0 Å². The van der Waals surface area contributed by atoms with Gasteiger partial charge in [0.25, 0.3) is 11.8 Å². The fraction of sp³-hybridized carbons (Fsp3) is 0.474. The van der Waals surface area contributed by atoms with Crippen LogP contribution >= 0.6 is 0 Å². The molecule has 4 rings (SSSR count). The Labute approximate surface area is 150 Å². The Hall–Kier alpha value is -2.70. The van der Waals surface area contributed by atoms with Crippen LogP contribution in [-0.4, -0.2) is 58.2 Å². The summed E-state index contributed by atoms with van der Waals surface area (Å²) in [6.45, 7) is 2.54. The second kappa shape index (κ2) is 5.65. The Morgan fingerprint density at radius 1 is 1.15 bits per heavy atom. The highest BCUT2D eigenvalue weighted by atomic mass is 16.4. The van der Waals surface area contributed by atoms with Crippen molar-refractivity contribution in [1.82, 2.24) is 9.80 Å². The number of amides is 3. The van der Waals surface area contributed by atoms with Crippen molar-refractivity contribution >= 4 is 23.7 Å². The van der Waals surface area contributed by atoms with Gasteiger partial charge in [-0.1, -0.05) is 11.6 Å². The number of carbonyl (C=O) groups excluding carboxylic acids is 3. The molecule has 1 N–H and O–H groups in total. The number of aryl methyl sites for hydroxylation is 1. The summed E-state index contributed by atoms with van der Waals surface area (Å²) in [5.74, 6) is -2.17. The average molecular weight is 356 g/mol. The van der Waals surface area contributed by atoms with E-state index in [9.17, 15) is 19.2 Å². The minimum Gasteiger partial charge on any atom is -0.481 e. The lowest BCUT2D eigenvalue weighted by molar-refractivity contribution is -0.140. The number of piperidine rings is 1. The first kappa shape index (κ1) is 16.8. The Bertz CT molecular complexity index is 838. The van der Waals surface area contributed by atoms with Crippen molar-refractivity contribution in [2.75, 3.05) is 19.6 Å². The van der Waals surface area contributed by atoms with Crippen molar-refractivity contribution in [3.63, 3.8) is 0 Å². The van der Waals surface area contributed by atoms with Crippen LogP contribution in [0.1, 0.15) is 45.5 Å². The molecule has 1 spiro atoms. The largest absolute Gasteiger partial charge is 0.481 e. The Balaban J connectivity index is 1.40. The molecule has 0 aromatic heterocycles. The van der Waals surface area contributed by atoms with E-state index >= 15 is 0 Å². The summed E-state index contributed by atoms with van der Waals surface area (Å²) < 4.78 is 0. The van der Waals surface area contributed by atoms with Crippen molar-refractivity contribution in [3.8, 4) is 0 Å². The molecule has 1 aliphatic carbocycles. The highest BCUT2D eigenvalue weighted by molar-refractivity contribution is 6.22. The van der Waals surface area contributed by atoms with Gasteiger partial charge in [-0.15, -0.1) is 0 Å². The lowest BCUT2D eigenvalue weighted by Gasteiger charge is -2.33. The predicted molar refractivity (Wildman–Crippen MR) is 90.5 cm³/mol. The van der Waals surface area contributed by atoms with Crippen LogP contribution in [0.25, 0.3) is 0 Å². The third kappa shape index (κ3) is 2.50. The summed E-state index contributed by atoms with van der Waals surface area (Å²) in [6, 6.07) is 5.07. The van der Waals surface area contributed by atoms with Gasteiger partial charge >= 0.3 is 5.97 Å². The van der Waals surface area contributed by atoms with Crippen LogP contribution in [0.3, 0.4) is 0 Å². The molecule has 1 aromatic rings. The maximum Gasteiger partial charge on any atom is 0.307 e. The molecule has 26 heavy (non-hydrogen) atoms. The first-order valence-electron chi connectivity index (χ1n) is 8.80. The molecule has 1 atom stereocenters. The highest BCUT2D eigenvalue weighted by Gasteiger charge is 2.59. The SMILES string of the molecule is Cc1ccc2c(c1)C(=O)N(CC(=O)N1CCC3(CC1)CC3C(=O)O)C2=O. The third-order valence-electron chi connectivity index (χ3n) is 6.02. The Morgan fingerprint density at radius 2 is 1.81 bits per heavy atom. The number of benzene rings is 1. The van der Waals surface area contributed by atoms with Crippen molar-refractivity contribution < 1.29 is 24.3 Å². The van der Waals surface area contributed by atoms with Crippen molar-refractivity contribution in [1.29, 1.82) is 0 Å². The number of carbonyl (C=O) groups is 4. The van der Waals surface area contributed by atoms with Gasteiger partial charge in [-0.2, -0.15) is 0 Å². The van der Waals surface area contributed by atoms with Gasteiger partial charge in [-0.05, 0) is 43.7 Å². The summed E-state index contributed by atoms with van der Waals surface area (Å²) in [7, 11) is 0. The van der Waals surface area contributed by atoms with E-state index in [1.54, 1.807) is 23.1 Å². The molecule has 2 aliphatic heterocycles. The van der Waals surface area contributed by atoms with E-state index in [0.29, 0.717) is 43.5 Å². The van der Waals surface area contributed by atoms with E-state index in [-0.39, 0.29) is 23.8 Å². The lowest BCUT2D eigenvalue weighted by atomic mass is 9.91. The van der Waals surface area contributed by atoms with E-state index in [1.807, 2.05) is 6.92 Å². The quantitative estimate of drug-likeness (QED) is 0.824. The summed E-state index contributed by atoms with van der Waals surface area (Å²) in [5.41, 5.74) is 1.42. The number of carboxylic acid groups (broad SMARTS) is 1. The van der Waals surface area contributed by atoms with Crippen molar-refractivity contribution in [2.45, 2.75) is 26.2 Å². The number of likely N-dealkylation sites (tertiary alicyclic amines) is 1. The van der Waals surface area contributed by atoms with Crippen LogP contribution in [-0.2, 0) is 9.59 Å². The molecule has 1 saturated heterocycles. The van der Waals surface area contributed by atoms with E-state index in [4.69, 9.17) is 5.11 Å². The standard InChI is InChI=1S/C19H20N2O5/c1-11-2-3-12-13(8-11)17(24)21(16(12)23)10-15(22)20-6-4-19(5-7-20)9-14(19)18(25)26/h2-3,8,14H,4-7,9-10H2,1H3,(H,25,26). The second-order valence-electron chi connectivity index (χ2n) is 7.58. The molecule has 136 valence electrons. The number of nitrogens with zero attached hydrogens (tertiary/aromatic N) is 2. The van der Waals surface area contributed by atoms with E-state index in [1.165, 1.54) is 0 Å². The lowest BCUT2D eigenvalue weighted by Crippen LogP contribution is -2.46. The molecule has 0 bridgehead atoms. The van der Waals surface area contributed by atoms with Crippen molar-refractivity contribution in [3.05, 3.63) is 34.9 Å². The van der Waals surface area contributed by atoms with Gasteiger partial charge in [0.2, 0.25) is 5.91 Å². The molecular weight excluding hydrogens is 336 g/mol. The fourth-order valence-corrected chi connectivity index (χ4v) is 4.23. The van der Waals surface area contributed by atoms with Crippen LogP contribution in [0, 0.1) is 18.3 Å². The number of carboxylic acids is 1. The van der Waals surface area contributed by atoms with Gasteiger partial charge in [-0.3, -0.25) is 24.1 Å². The van der Waals surface area contributed by atoms with Crippen LogP contribution in [0.5, 0.6) is 0 Å². The molecule has 3 aliphatic rings. The molecule has 7 heteroatoms. The normalized spacial score (nSPS) is 23.3. The molecule has 1 aromatic carbocycles. The molecule has 0 radical (unpaired) electrons. The molecule has 3 amide bonds. The van der Waals surface area contributed by atoms with Gasteiger partial charge < -0.3 is 10.0 Å². The van der Waals surface area contributed by atoms with Crippen molar-refractivity contribution in [2.24, 2.45) is 11.3 Å². The maximum atomic E-state index is 12.6. The number of hydrogen-bond donors (Lipinski definition) is 1. The third-order valence-corrected chi connectivity index (χ3v) is 6.02. The van der Waals surface area contributed by atoms with E-state index < -0.39 is 17.8 Å². The van der Waals surface area contributed by atoms with Gasteiger partial charge in [0, 0.05) is 13.1 Å². The zero-order valence-corrected chi connectivity index (χ0v) is 14.5. The summed E-state index contributed by atoms with van der Waals surface area (Å²) in [4.78, 5) is 51.3. The minimum atomic E-state index is -0.758. The number of aliphatic carboxylic acids is 1. The topological polar surface area (TPSA) is 95.0 Å². The smallest absolute Gasteiger partial charge is 0.307 e. The summed E-state index contributed by atoms with van der Waals surface area (Å²) in [5, 5.41) is 9.14. The Kier molecular flexibility index (Phi) is 3.64. The molecule has 2 fully saturated rings. The minimum absolute atomic E-state index is 0.157. The second-order valence-corrected chi connectivity index (χ2v) is 7.58. The van der Waals surface area contributed by atoms with Crippen LogP contribution < -0.4 is 0 Å². The number of fused-ring (bicyclic) bond motifs is 1. The zero-order chi connectivity index (χ0) is 18.6. The van der Waals surface area contributed by atoms with Gasteiger partial charge in [-0.25, -0.2) is 0 Å². The average Bonchev–Trinajstić information content (AvgIpc) is 3.27. The molecule has 2 heterocycles. The summed E-state index contributed by atoms with van der Waals surface area (Å²) in [6.07, 6.45) is 2.01. The zero-order valence-electron chi connectivity index (χ0n) is 14.5. The van der Waals surface area contributed by atoms with E-state index in [0.717, 1.165) is 10.5 Å². The Morgan fingerprint density at radius 3 is 2.42 bits per heavy atom. The molecule has 7 nitrogen and oxygen atoms in total. The molecule has 1 unspecified atom stereocenters.